The van der Waals surface area contributed by atoms with Crippen molar-refractivity contribution >= 4 is 16.9 Å². The molecule has 0 saturated carbocycles. The smallest absolute Gasteiger partial charge is 0.345 e. The summed E-state index contributed by atoms with van der Waals surface area (Å²) in [6, 6.07) is 6.27. The normalized spacial score (nSPS) is 13.2. The summed E-state index contributed by atoms with van der Waals surface area (Å²) in [5.41, 5.74) is 3.87. The van der Waals surface area contributed by atoms with E-state index in [4.69, 9.17) is 0 Å². The molecule has 0 spiro atoms. The number of aromatic hydroxyl groups is 1. The quantitative estimate of drug-likeness (QED) is 0.497. The highest BCUT2D eigenvalue weighted by Gasteiger charge is 2.28. The molecule has 4 rings (SSSR count). The Hall–Kier alpha value is -3.06. The van der Waals surface area contributed by atoms with Gasteiger partial charge in [0, 0.05) is 41.3 Å². The van der Waals surface area contributed by atoms with E-state index in [9.17, 15) is 19.8 Å². The number of nitrogens with one attached hydrogen (secondary N) is 2. The largest absolute Gasteiger partial charge is 0.506 e. The van der Waals surface area contributed by atoms with Gasteiger partial charge in [0.15, 0.2) is 5.56 Å². The van der Waals surface area contributed by atoms with E-state index in [-0.39, 0.29) is 0 Å². The van der Waals surface area contributed by atoms with Crippen LogP contribution in [-0.4, -0.2) is 32.3 Å². The molecule has 29 heavy (non-hydrogen) atoms. The number of carboxylic acids is 1. The van der Waals surface area contributed by atoms with Crippen LogP contribution in [-0.2, 0) is 26.4 Å². The Bertz CT molecular complexity index is 1170. The highest BCUT2D eigenvalue weighted by atomic mass is 16.4. The monoisotopic (exact) mass is 395 g/mol. The first-order valence-electron chi connectivity index (χ1n) is 9.96. The topological polar surface area (TPSA) is 107 Å². The van der Waals surface area contributed by atoms with Crippen molar-refractivity contribution in [1.82, 2.24) is 14.9 Å². The lowest BCUT2D eigenvalue weighted by molar-refractivity contribution is 0.0691. The van der Waals surface area contributed by atoms with Crippen LogP contribution in [0.15, 0.2) is 23.0 Å². The van der Waals surface area contributed by atoms with Crippen molar-refractivity contribution < 1.29 is 15.0 Å². The fourth-order valence-electron chi connectivity index (χ4n) is 4.34. The molecule has 2 heterocycles. The minimum atomic E-state index is -1.42. The zero-order valence-electron chi connectivity index (χ0n) is 16.6. The minimum Gasteiger partial charge on any atom is -0.506 e. The molecule has 0 amide bonds. The molecule has 7 heteroatoms. The zero-order chi connectivity index (χ0) is 20.7. The Labute approximate surface area is 168 Å². The summed E-state index contributed by atoms with van der Waals surface area (Å²) in [5.74, 6) is -1.83. The van der Waals surface area contributed by atoms with Crippen molar-refractivity contribution in [1.29, 1.82) is 0 Å². The third-order valence-electron chi connectivity index (χ3n) is 5.74. The minimum absolute atomic E-state index is 0.415. The second-order valence-corrected chi connectivity index (χ2v) is 7.60. The summed E-state index contributed by atoms with van der Waals surface area (Å²) >= 11 is 0. The Morgan fingerprint density at radius 3 is 2.83 bits per heavy atom. The number of aryl methyl sites for hydroxylation is 1. The van der Waals surface area contributed by atoms with Gasteiger partial charge in [0.05, 0.1) is 5.69 Å². The van der Waals surface area contributed by atoms with Gasteiger partial charge >= 0.3 is 5.97 Å². The lowest BCUT2D eigenvalue weighted by atomic mass is 9.99. The second kappa shape index (κ2) is 7.40. The molecule has 152 valence electrons. The van der Waals surface area contributed by atoms with Gasteiger partial charge in [-0.15, -0.1) is 0 Å². The molecule has 0 radical (unpaired) electrons. The first-order valence-corrected chi connectivity index (χ1v) is 9.96. The van der Waals surface area contributed by atoms with Crippen molar-refractivity contribution in [3.8, 4) is 17.0 Å². The number of aromatic nitrogens is 2. The Balaban J connectivity index is 1.94. The number of aromatic carboxylic acids is 1. The van der Waals surface area contributed by atoms with Gasteiger partial charge in [0.2, 0.25) is 0 Å². The third-order valence-corrected chi connectivity index (χ3v) is 5.74. The number of H-pyrrole nitrogens is 1. The second-order valence-electron chi connectivity index (χ2n) is 7.60. The number of hydrogen-bond donors (Lipinski definition) is 4. The molecule has 3 aromatic rings. The van der Waals surface area contributed by atoms with Crippen LogP contribution in [0.4, 0.5) is 0 Å². The zero-order valence-corrected chi connectivity index (χ0v) is 16.6. The molecule has 0 bridgehead atoms. The van der Waals surface area contributed by atoms with Crippen LogP contribution in [0.5, 0.6) is 5.75 Å². The van der Waals surface area contributed by atoms with E-state index in [0.717, 1.165) is 54.5 Å². The maximum Gasteiger partial charge on any atom is 0.345 e. The molecule has 4 N–H and O–H groups in total. The highest BCUT2D eigenvalue weighted by Crippen LogP contribution is 2.41. The lowest BCUT2D eigenvalue weighted by Gasteiger charge is -2.11. The van der Waals surface area contributed by atoms with Crippen LogP contribution in [0.25, 0.3) is 22.2 Å². The molecular weight excluding hydrogens is 370 g/mol. The molecule has 0 aliphatic heterocycles. The van der Waals surface area contributed by atoms with Gasteiger partial charge in [0.25, 0.3) is 5.56 Å². The van der Waals surface area contributed by atoms with Crippen molar-refractivity contribution in [2.75, 3.05) is 6.54 Å². The molecule has 1 aromatic carbocycles. The fraction of sp³-hybridized carbons (Fsp3) is 0.364. The SMILES string of the molecule is CCCNCc1ccc2c3c(n(C)c2c1)CCCc1c-3[nH]c(=O)c(C(=O)O)c1O. The third kappa shape index (κ3) is 3.11. The molecule has 7 nitrogen and oxygen atoms in total. The van der Waals surface area contributed by atoms with Gasteiger partial charge in [-0.3, -0.25) is 4.79 Å². The predicted octanol–water partition coefficient (Wildman–Crippen LogP) is 2.93. The maximum absolute atomic E-state index is 12.4. The van der Waals surface area contributed by atoms with Crippen LogP contribution in [0.1, 0.15) is 46.9 Å². The molecular formula is C22H25N3O4. The first-order chi connectivity index (χ1) is 13.9. The number of carboxylic acid groups (broad SMARTS) is 1. The van der Waals surface area contributed by atoms with E-state index >= 15 is 0 Å². The number of carbonyl (C=O) groups is 1. The van der Waals surface area contributed by atoms with Crippen molar-refractivity contribution in [2.24, 2.45) is 7.05 Å². The summed E-state index contributed by atoms with van der Waals surface area (Å²) in [7, 11) is 2.01. The van der Waals surface area contributed by atoms with Gasteiger partial charge in [0.1, 0.15) is 5.75 Å². The number of rotatable bonds is 5. The average Bonchev–Trinajstić information content (AvgIpc) is 2.82. The molecule has 0 atom stereocenters. The summed E-state index contributed by atoms with van der Waals surface area (Å²) in [6.07, 6.45) is 3.12. The van der Waals surface area contributed by atoms with Gasteiger partial charge in [-0.1, -0.05) is 19.1 Å². The van der Waals surface area contributed by atoms with E-state index in [1.807, 2.05) is 13.1 Å². The van der Waals surface area contributed by atoms with E-state index in [1.165, 1.54) is 5.56 Å². The summed E-state index contributed by atoms with van der Waals surface area (Å²) in [4.78, 5) is 26.6. The van der Waals surface area contributed by atoms with Crippen LogP contribution in [0.3, 0.4) is 0 Å². The molecule has 2 aromatic heterocycles. The highest BCUT2D eigenvalue weighted by molar-refractivity contribution is 6.00. The van der Waals surface area contributed by atoms with Gasteiger partial charge in [-0.05, 0) is 43.9 Å². The predicted molar refractivity (Wildman–Crippen MR) is 112 cm³/mol. The average molecular weight is 395 g/mol. The van der Waals surface area contributed by atoms with Crippen LogP contribution < -0.4 is 10.9 Å². The van der Waals surface area contributed by atoms with Crippen LogP contribution >= 0.6 is 0 Å². The van der Waals surface area contributed by atoms with Gasteiger partial charge in [-0.25, -0.2) is 4.79 Å². The van der Waals surface area contributed by atoms with Crippen LogP contribution in [0.2, 0.25) is 0 Å². The summed E-state index contributed by atoms with van der Waals surface area (Å²) in [5, 5.41) is 24.3. The molecule has 1 aliphatic rings. The van der Waals surface area contributed by atoms with E-state index < -0.39 is 22.8 Å². The number of aromatic amines is 1. The number of pyridine rings is 1. The molecule has 0 fully saturated rings. The number of fused-ring (bicyclic) bond motifs is 5. The molecule has 0 unspecified atom stereocenters. The van der Waals surface area contributed by atoms with E-state index in [0.29, 0.717) is 17.7 Å². The van der Waals surface area contributed by atoms with Gasteiger partial charge in [-0.2, -0.15) is 0 Å². The molecule has 1 aliphatic carbocycles. The van der Waals surface area contributed by atoms with Crippen molar-refractivity contribution in [3.05, 3.63) is 50.9 Å². The Kier molecular flexibility index (Phi) is 4.92. The first kappa shape index (κ1) is 19.3. The lowest BCUT2D eigenvalue weighted by Crippen LogP contribution is -2.20. The van der Waals surface area contributed by atoms with E-state index in [2.05, 4.69) is 33.9 Å². The maximum atomic E-state index is 12.4. The number of hydrogen-bond acceptors (Lipinski definition) is 4. The Morgan fingerprint density at radius 1 is 1.31 bits per heavy atom. The van der Waals surface area contributed by atoms with Gasteiger partial charge < -0.3 is 25.1 Å². The van der Waals surface area contributed by atoms with E-state index in [1.54, 1.807) is 0 Å². The van der Waals surface area contributed by atoms with Crippen LogP contribution in [0, 0.1) is 0 Å². The van der Waals surface area contributed by atoms with Crippen molar-refractivity contribution in [2.45, 2.75) is 39.2 Å². The summed E-state index contributed by atoms with van der Waals surface area (Å²) in [6.45, 7) is 3.88. The Morgan fingerprint density at radius 2 is 2.10 bits per heavy atom. The number of nitrogens with zero attached hydrogens (tertiary/aromatic N) is 1. The summed E-state index contributed by atoms with van der Waals surface area (Å²) < 4.78 is 2.14. The standard InChI is InChI=1S/C22H25N3O4/c1-3-9-23-11-12-7-8-13-16(10-12)25(2)15-6-4-5-14-19(17(13)15)24-21(27)18(20(14)26)22(28)29/h7-8,10,23H,3-6,9,11H2,1-2H3,(H,28,29)(H2,24,26,27). The fourth-order valence-corrected chi connectivity index (χ4v) is 4.34. The molecule has 0 saturated heterocycles. The number of benzene rings is 1. The van der Waals surface area contributed by atoms with Crippen molar-refractivity contribution in [3.63, 3.8) is 0 Å².